The molecular formula is C43H47N2NaO5S2. The van der Waals surface area contributed by atoms with E-state index in [4.69, 9.17) is 0 Å². The molecule has 2 aliphatic heterocycles. The van der Waals surface area contributed by atoms with Gasteiger partial charge in [0.1, 0.15) is 6.54 Å². The first kappa shape index (κ1) is 41.2. The van der Waals surface area contributed by atoms with Gasteiger partial charge in [-0.1, -0.05) is 98.8 Å². The average Bonchev–Trinajstić information content (AvgIpc) is 3.47. The Kier molecular flexibility index (Phi) is 13.7. The molecule has 53 heavy (non-hydrogen) atoms. The zero-order valence-electron chi connectivity index (χ0n) is 31.4. The summed E-state index contributed by atoms with van der Waals surface area (Å²) in [6.45, 7) is 10.5. The van der Waals surface area contributed by atoms with Gasteiger partial charge >= 0.3 is 29.6 Å². The number of unbranched alkanes of at least 4 members (excludes halogenated alkanes) is 2. The van der Waals surface area contributed by atoms with Crippen LogP contribution >= 0.6 is 12.0 Å². The van der Waals surface area contributed by atoms with Gasteiger partial charge in [-0.2, -0.15) is 4.58 Å². The number of fused-ring (bicyclic) bond motifs is 6. The van der Waals surface area contributed by atoms with Gasteiger partial charge in [0.2, 0.25) is 5.69 Å². The number of hydrogen-bond acceptors (Lipinski definition) is 7. The minimum Gasteiger partial charge on any atom is -0.748 e. The number of hydrogen-bond donors (Lipinski definition) is 0. The minimum atomic E-state index is -4.24. The zero-order chi connectivity index (χ0) is 36.9. The molecule has 0 saturated carbocycles. The van der Waals surface area contributed by atoms with E-state index in [1.54, 1.807) is 0 Å². The topological polar surface area (TPSA) is 95.7 Å². The molecule has 0 fully saturated rings. The van der Waals surface area contributed by atoms with Gasteiger partial charge < -0.3 is 19.0 Å². The summed E-state index contributed by atoms with van der Waals surface area (Å²) >= 11 is 0.964. The number of benzene rings is 4. The van der Waals surface area contributed by atoms with Crippen molar-refractivity contribution >= 4 is 60.8 Å². The third kappa shape index (κ3) is 8.95. The first-order chi connectivity index (χ1) is 24.9. The van der Waals surface area contributed by atoms with Gasteiger partial charge in [0, 0.05) is 59.0 Å². The van der Waals surface area contributed by atoms with E-state index in [1.165, 1.54) is 44.1 Å². The Balaban J connectivity index is 0.00000541. The van der Waals surface area contributed by atoms with Crippen LogP contribution in [0.4, 0.5) is 11.4 Å². The summed E-state index contributed by atoms with van der Waals surface area (Å²) in [6, 6.07) is 25.7. The van der Waals surface area contributed by atoms with Crippen LogP contribution in [0.1, 0.15) is 64.5 Å². The SMILES string of the molecule is CC1(C)C(/C=C/C=C/C=C/C=C2\N(CCCCSO[O-])c3ccc4ccccc4c3C2(C)C)=[N+](CCCCS(=O)(=O)[O-])c2ccc3ccccc3c21.[Na+]. The van der Waals surface area contributed by atoms with Crippen LogP contribution in [0.3, 0.4) is 0 Å². The maximum atomic E-state index is 11.3. The van der Waals surface area contributed by atoms with E-state index in [9.17, 15) is 18.2 Å². The van der Waals surface area contributed by atoms with Crippen LogP contribution in [-0.2, 0) is 25.3 Å². The Morgan fingerprint density at radius 2 is 1.42 bits per heavy atom. The van der Waals surface area contributed by atoms with E-state index in [1.807, 2.05) is 12.2 Å². The molecule has 0 atom stereocenters. The molecule has 0 saturated heterocycles. The molecule has 4 aromatic rings. The molecule has 2 heterocycles. The van der Waals surface area contributed by atoms with Crippen LogP contribution < -0.4 is 39.7 Å². The molecule has 0 N–H and O–H groups in total. The molecule has 0 aromatic heterocycles. The van der Waals surface area contributed by atoms with Crippen LogP contribution in [0.15, 0.2) is 121 Å². The normalized spacial score (nSPS) is 17.2. The molecule has 0 amide bonds. The van der Waals surface area contributed by atoms with E-state index < -0.39 is 10.1 Å². The number of nitrogens with zero attached hydrogens (tertiary/aromatic N) is 2. The summed E-state index contributed by atoms with van der Waals surface area (Å²) in [5.41, 5.74) is 6.83. The molecule has 272 valence electrons. The van der Waals surface area contributed by atoms with Gasteiger partial charge in [0.15, 0.2) is 5.71 Å². The summed E-state index contributed by atoms with van der Waals surface area (Å²) in [5, 5.41) is 15.4. The second kappa shape index (κ2) is 17.6. The second-order valence-electron chi connectivity index (χ2n) is 14.5. The monoisotopic (exact) mass is 758 g/mol. The average molecular weight is 759 g/mol. The number of rotatable bonds is 15. The van der Waals surface area contributed by atoms with Crippen molar-refractivity contribution in [2.75, 3.05) is 29.5 Å². The van der Waals surface area contributed by atoms with Crippen LogP contribution in [0.2, 0.25) is 0 Å². The molecule has 7 nitrogen and oxygen atoms in total. The maximum absolute atomic E-state index is 11.3. The summed E-state index contributed by atoms with van der Waals surface area (Å²) < 4.78 is 40.0. The standard InChI is InChI=1S/C43H48N2O5S2.Na/c1-42(2)38(44(28-14-16-30-51-50-46)36-26-24-32-18-10-12-20-34(32)40(36)42)22-8-6-5-7-9-23-39-43(3,4)41-35-21-13-11-19-33(35)25-27-37(41)45(39)29-15-17-31-52(47,48)49;/h5-13,18-27H,14-17,28-31H2,1-4H3,(H-,46,47,48,49);/q;+1/p-1. The predicted molar refractivity (Wildman–Crippen MR) is 213 cm³/mol. The summed E-state index contributed by atoms with van der Waals surface area (Å²) in [5.74, 6) is 0.324. The first-order valence-electron chi connectivity index (χ1n) is 18.0. The van der Waals surface area contributed by atoms with Gasteiger partial charge in [0.05, 0.1) is 15.5 Å². The van der Waals surface area contributed by atoms with Crippen molar-refractivity contribution in [3.8, 4) is 0 Å². The van der Waals surface area contributed by atoms with Crippen molar-refractivity contribution in [3.05, 3.63) is 132 Å². The van der Waals surface area contributed by atoms with Crippen molar-refractivity contribution in [2.24, 2.45) is 0 Å². The molecule has 0 spiro atoms. The molecule has 0 bridgehead atoms. The molecule has 2 aliphatic rings. The Labute approximate surface area is 341 Å². The Morgan fingerprint density at radius 3 is 2.11 bits per heavy atom. The molecule has 0 radical (unpaired) electrons. The van der Waals surface area contributed by atoms with Crippen molar-refractivity contribution in [2.45, 2.75) is 64.2 Å². The fraction of sp³-hybridized carbons (Fsp3) is 0.326. The Morgan fingerprint density at radius 1 is 0.774 bits per heavy atom. The van der Waals surface area contributed by atoms with Crippen molar-refractivity contribution in [1.29, 1.82) is 0 Å². The minimum absolute atomic E-state index is 0. The molecule has 0 aliphatic carbocycles. The Hall–Kier alpha value is -2.99. The van der Waals surface area contributed by atoms with Crippen LogP contribution in [0.25, 0.3) is 21.5 Å². The fourth-order valence-electron chi connectivity index (χ4n) is 8.05. The maximum Gasteiger partial charge on any atom is 1.00 e. The largest absolute Gasteiger partial charge is 1.00 e. The van der Waals surface area contributed by atoms with Gasteiger partial charge in [-0.05, 0) is 90.5 Å². The third-order valence-corrected chi connectivity index (χ3v) is 11.7. The third-order valence-electron chi connectivity index (χ3n) is 10.4. The number of allylic oxidation sites excluding steroid dienone is 8. The van der Waals surface area contributed by atoms with Crippen LogP contribution in [0, 0.1) is 0 Å². The summed E-state index contributed by atoms with van der Waals surface area (Å²) in [7, 11) is -4.24. The van der Waals surface area contributed by atoms with Crippen LogP contribution in [-0.4, -0.2) is 47.9 Å². The quantitative estimate of drug-likeness (QED) is 0.0222. The van der Waals surface area contributed by atoms with Gasteiger partial charge in [-0.15, -0.1) is 0 Å². The fourth-order valence-corrected chi connectivity index (χ4v) is 9.00. The first-order valence-corrected chi connectivity index (χ1v) is 20.5. The molecule has 0 unspecified atom stereocenters. The molecule has 4 aromatic carbocycles. The second-order valence-corrected chi connectivity index (χ2v) is 16.9. The Bertz CT molecular complexity index is 2220. The predicted octanol–water partition coefficient (Wildman–Crippen LogP) is 5.77. The summed E-state index contributed by atoms with van der Waals surface area (Å²) in [6.07, 6.45) is 17.4. The van der Waals surface area contributed by atoms with E-state index in [0.717, 1.165) is 42.8 Å². The van der Waals surface area contributed by atoms with E-state index in [2.05, 4.69) is 145 Å². The van der Waals surface area contributed by atoms with E-state index in [0.29, 0.717) is 25.1 Å². The van der Waals surface area contributed by atoms with Gasteiger partial charge in [-0.25, -0.2) is 8.42 Å². The van der Waals surface area contributed by atoms with Gasteiger partial charge in [0.25, 0.3) is 0 Å². The van der Waals surface area contributed by atoms with Crippen molar-refractivity contribution < 1.29 is 56.7 Å². The van der Waals surface area contributed by atoms with Crippen molar-refractivity contribution in [1.82, 2.24) is 0 Å². The molecule has 10 heteroatoms. The van der Waals surface area contributed by atoms with E-state index in [-0.39, 0.29) is 46.1 Å². The van der Waals surface area contributed by atoms with Gasteiger partial charge in [-0.3, -0.25) is 0 Å². The van der Waals surface area contributed by atoms with E-state index >= 15 is 0 Å². The zero-order valence-corrected chi connectivity index (χ0v) is 35.0. The smallest absolute Gasteiger partial charge is 0.748 e. The number of anilines is 1. The van der Waals surface area contributed by atoms with Crippen LogP contribution in [0.5, 0.6) is 0 Å². The summed E-state index contributed by atoms with van der Waals surface area (Å²) in [4.78, 5) is 2.43. The molecule has 6 rings (SSSR count). The molecular weight excluding hydrogens is 712 g/mol. The van der Waals surface area contributed by atoms with Crippen molar-refractivity contribution in [3.63, 3.8) is 0 Å².